The molecule has 0 bridgehead atoms. The Bertz CT molecular complexity index is 605. The molecule has 24 heavy (non-hydrogen) atoms. The van der Waals surface area contributed by atoms with E-state index in [4.69, 9.17) is 9.47 Å². The van der Waals surface area contributed by atoms with Crippen LogP contribution < -0.4 is 10.1 Å². The second-order valence-electron chi connectivity index (χ2n) is 6.27. The van der Waals surface area contributed by atoms with Crippen molar-refractivity contribution >= 4 is 27.8 Å². The van der Waals surface area contributed by atoms with Gasteiger partial charge < -0.3 is 14.8 Å². The zero-order valence-electron chi connectivity index (χ0n) is 14.3. The minimum Gasteiger partial charge on any atom is -0.497 e. The van der Waals surface area contributed by atoms with Crippen molar-refractivity contribution in [3.05, 3.63) is 28.2 Å². The molecule has 1 aliphatic carbocycles. The van der Waals surface area contributed by atoms with E-state index in [0.29, 0.717) is 21.7 Å². The fourth-order valence-corrected chi connectivity index (χ4v) is 3.30. The van der Waals surface area contributed by atoms with Crippen molar-refractivity contribution in [3.8, 4) is 5.75 Å². The van der Waals surface area contributed by atoms with Gasteiger partial charge in [-0.05, 0) is 59.8 Å². The van der Waals surface area contributed by atoms with Crippen LogP contribution in [0.3, 0.4) is 0 Å². The van der Waals surface area contributed by atoms with Crippen molar-refractivity contribution < 1.29 is 19.1 Å². The normalized spacial score (nSPS) is 21.7. The summed E-state index contributed by atoms with van der Waals surface area (Å²) in [5.41, 5.74) is 0.333. The van der Waals surface area contributed by atoms with Crippen molar-refractivity contribution in [3.63, 3.8) is 0 Å². The monoisotopic (exact) mass is 397 g/mol. The molecule has 0 heterocycles. The molecule has 132 valence electrons. The van der Waals surface area contributed by atoms with E-state index in [2.05, 4.69) is 28.2 Å². The van der Waals surface area contributed by atoms with Crippen LogP contribution in [0.25, 0.3) is 0 Å². The van der Waals surface area contributed by atoms with Crippen LogP contribution in [-0.2, 0) is 9.53 Å². The van der Waals surface area contributed by atoms with Gasteiger partial charge in [-0.1, -0.05) is 19.8 Å². The number of rotatable bonds is 5. The molecule has 1 aliphatic rings. The number of benzene rings is 1. The SMILES string of the molecule is COc1ccc(Br)c(C(=O)O[C@H](C)C(=O)N[C@@H]2CCCC[C@@H]2C)c1. The first kappa shape index (κ1) is 18.8. The van der Waals surface area contributed by atoms with Crippen LogP contribution in [0.4, 0.5) is 0 Å². The molecule has 6 heteroatoms. The van der Waals surface area contributed by atoms with Crippen molar-refractivity contribution in [2.75, 3.05) is 7.11 Å². The van der Waals surface area contributed by atoms with Gasteiger partial charge in [0.15, 0.2) is 6.10 Å². The molecule has 0 unspecified atom stereocenters. The van der Waals surface area contributed by atoms with Gasteiger partial charge >= 0.3 is 5.97 Å². The van der Waals surface area contributed by atoms with Crippen molar-refractivity contribution in [2.24, 2.45) is 5.92 Å². The average Bonchev–Trinajstić information content (AvgIpc) is 2.57. The summed E-state index contributed by atoms with van der Waals surface area (Å²) in [5, 5.41) is 3.01. The lowest BCUT2D eigenvalue weighted by Gasteiger charge is -2.30. The molecule has 1 N–H and O–H groups in total. The average molecular weight is 398 g/mol. The van der Waals surface area contributed by atoms with Crippen molar-refractivity contribution in [1.82, 2.24) is 5.32 Å². The highest BCUT2D eigenvalue weighted by molar-refractivity contribution is 9.10. The molecule has 2 rings (SSSR count). The molecule has 3 atom stereocenters. The number of carbonyl (C=O) groups is 2. The van der Waals surface area contributed by atoms with E-state index in [-0.39, 0.29) is 11.9 Å². The van der Waals surface area contributed by atoms with E-state index < -0.39 is 12.1 Å². The smallest absolute Gasteiger partial charge is 0.340 e. The van der Waals surface area contributed by atoms with E-state index in [0.717, 1.165) is 19.3 Å². The van der Waals surface area contributed by atoms with Gasteiger partial charge in [0.25, 0.3) is 5.91 Å². The van der Waals surface area contributed by atoms with Crippen LogP contribution in [0.15, 0.2) is 22.7 Å². The number of ether oxygens (including phenoxy) is 2. The number of amides is 1. The van der Waals surface area contributed by atoms with Crippen molar-refractivity contribution in [1.29, 1.82) is 0 Å². The summed E-state index contributed by atoms with van der Waals surface area (Å²) in [6.45, 7) is 3.74. The lowest BCUT2D eigenvalue weighted by molar-refractivity contribution is -0.130. The van der Waals surface area contributed by atoms with Crippen LogP contribution in [0.5, 0.6) is 5.75 Å². The Labute approximate surface area is 151 Å². The third-order valence-corrected chi connectivity index (χ3v) is 5.18. The molecular weight excluding hydrogens is 374 g/mol. The van der Waals surface area contributed by atoms with Gasteiger partial charge in [0, 0.05) is 10.5 Å². The molecule has 0 aromatic heterocycles. The summed E-state index contributed by atoms with van der Waals surface area (Å²) in [4.78, 5) is 24.6. The predicted octanol–water partition coefficient (Wildman–Crippen LogP) is 3.70. The third kappa shape index (κ3) is 4.72. The summed E-state index contributed by atoms with van der Waals surface area (Å²) < 4.78 is 11.0. The quantitative estimate of drug-likeness (QED) is 0.769. The minimum absolute atomic E-state index is 0.163. The van der Waals surface area contributed by atoms with E-state index in [9.17, 15) is 9.59 Å². The fourth-order valence-electron chi connectivity index (χ4n) is 2.90. The molecule has 0 aliphatic heterocycles. The van der Waals surface area contributed by atoms with E-state index in [1.54, 1.807) is 25.1 Å². The first-order valence-corrected chi connectivity index (χ1v) is 9.06. The molecule has 5 nitrogen and oxygen atoms in total. The number of esters is 1. The van der Waals surface area contributed by atoms with Crippen LogP contribution in [0, 0.1) is 5.92 Å². The maximum Gasteiger partial charge on any atom is 0.340 e. The Hall–Kier alpha value is -1.56. The lowest BCUT2D eigenvalue weighted by atomic mass is 9.86. The standard InChI is InChI=1S/C18H24BrNO4/c1-11-6-4-5-7-16(11)20-17(21)12(2)24-18(22)14-10-13(23-3)8-9-15(14)19/h8-12,16H,4-7H2,1-3H3,(H,20,21)/t11-,12+,16+/m0/s1. The summed E-state index contributed by atoms with van der Waals surface area (Å²) in [6.07, 6.45) is 3.59. The zero-order valence-corrected chi connectivity index (χ0v) is 15.9. The topological polar surface area (TPSA) is 64.6 Å². The van der Waals surface area contributed by atoms with E-state index in [1.165, 1.54) is 13.5 Å². The highest BCUT2D eigenvalue weighted by Crippen LogP contribution is 2.25. The molecule has 0 saturated heterocycles. The first-order chi connectivity index (χ1) is 11.4. The zero-order chi connectivity index (χ0) is 17.7. The number of hydrogen-bond donors (Lipinski definition) is 1. The highest BCUT2D eigenvalue weighted by Gasteiger charge is 2.27. The molecule has 1 fully saturated rings. The number of halogens is 1. The highest BCUT2D eigenvalue weighted by atomic mass is 79.9. The minimum atomic E-state index is -0.843. The van der Waals surface area contributed by atoms with Gasteiger partial charge in [-0.15, -0.1) is 0 Å². The fraction of sp³-hybridized carbons (Fsp3) is 0.556. The van der Waals surface area contributed by atoms with Gasteiger partial charge in [0.2, 0.25) is 0 Å². The Morgan fingerprint density at radius 1 is 1.29 bits per heavy atom. The van der Waals surface area contributed by atoms with Gasteiger partial charge in [-0.25, -0.2) is 4.79 Å². The molecule has 1 saturated carbocycles. The molecule has 1 aromatic carbocycles. The predicted molar refractivity (Wildman–Crippen MR) is 95.1 cm³/mol. The molecule has 1 aromatic rings. The molecule has 1 amide bonds. The van der Waals surface area contributed by atoms with Crippen LogP contribution in [0.2, 0.25) is 0 Å². The molecular formula is C18H24BrNO4. The Balaban J connectivity index is 1.96. The Morgan fingerprint density at radius 3 is 2.67 bits per heavy atom. The van der Waals surface area contributed by atoms with Crippen molar-refractivity contribution in [2.45, 2.75) is 51.7 Å². The number of nitrogens with one attached hydrogen (secondary N) is 1. The maximum absolute atomic E-state index is 12.3. The first-order valence-electron chi connectivity index (χ1n) is 8.27. The van der Waals surface area contributed by atoms with Gasteiger partial charge in [0.1, 0.15) is 5.75 Å². The number of methoxy groups -OCH3 is 1. The van der Waals surface area contributed by atoms with Gasteiger partial charge in [-0.2, -0.15) is 0 Å². The summed E-state index contributed by atoms with van der Waals surface area (Å²) in [5.74, 6) is 0.206. The number of hydrogen-bond acceptors (Lipinski definition) is 4. The van der Waals surface area contributed by atoms with Crippen LogP contribution in [-0.4, -0.2) is 31.1 Å². The maximum atomic E-state index is 12.3. The third-order valence-electron chi connectivity index (χ3n) is 4.49. The summed E-state index contributed by atoms with van der Waals surface area (Å²) in [7, 11) is 1.53. The Morgan fingerprint density at radius 2 is 2.00 bits per heavy atom. The van der Waals surface area contributed by atoms with Crippen LogP contribution in [0.1, 0.15) is 49.9 Å². The summed E-state index contributed by atoms with van der Waals surface area (Å²) in [6, 6.07) is 5.20. The van der Waals surface area contributed by atoms with Gasteiger partial charge in [0.05, 0.1) is 12.7 Å². The second kappa shape index (κ2) is 8.51. The second-order valence-corrected chi connectivity index (χ2v) is 7.12. The largest absolute Gasteiger partial charge is 0.497 e. The summed E-state index contributed by atoms with van der Waals surface area (Å²) >= 11 is 3.32. The lowest BCUT2D eigenvalue weighted by Crippen LogP contribution is -2.46. The number of carbonyl (C=O) groups excluding carboxylic acids is 2. The molecule has 0 spiro atoms. The van der Waals surface area contributed by atoms with E-state index >= 15 is 0 Å². The van der Waals surface area contributed by atoms with Gasteiger partial charge in [-0.3, -0.25) is 4.79 Å². The Kier molecular flexibility index (Phi) is 6.66. The molecule has 0 radical (unpaired) electrons. The van der Waals surface area contributed by atoms with Crippen LogP contribution >= 0.6 is 15.9 Å². The van der Waals surface area contributed by atoms with E-state index in [1.807, 2.05) is 0 Å².